The number of fused-ring (bicyclic) bond motifs is 12. The lowest BCUT2D eigenvalue weighted by atomic mass is 9.96. The summed E-state index contributed by atoms with van der Waals surface area (Å²) in [5.41, 5.74) is 20.6. The topological polar surface area (TPSA) is 131 Å². The monoisotopic (exact) mass is 1690 g/mol. The molecule has 131 heavy (non-hydrogen) atoms. The van der Waals surface area contributed by atoms with Crippen molar-refractivity contribution in [2.75, 3.05) is 0 Å². The van der Waals surface area contributed by atoms with Crippen LogP contribution in [0.5, 0.6) is 0 Å². The molecule has 13 heteroatoms. The van der Waals surface area contributed by atoms with Gasteiger partial charge in [0.25, 0.3) is 0 Å². The Hall–Kier alpha value is -17.4. The van der Waals surface area contributed by atoms with E-state index >= 15 is 0 Å². The van der Waals surface area contributed by atoms with E-state index in [2.05, 4.69) is 366 Å². The molecule has 0 atom stereocenters. The lowest BCUT2D eigenvalue weighted by Gasteiger charge is -2.34. The molecule has 0 radical (unpaired) electrons. The number of hydrogen-bond acceptors (Lipinski definition) is 9. The Morgan fingerprint density at radius 2 is 0.458 bits per heavy atom. The SMILES string of the molecule is c1ccc(-c2nc(-c3ccccc3)nc(-c3ccc4c(c3)c3ccccc3n4-c3ccccc3)n2)cc1.c1ccc(-c2nc(-c3ccccc3)nc(-c3cccc(-n4c5ccccc5c5ccccc54)c3)n2)cc1.c1ccc([Si](c2ccccc2)(c2ccccc2)c2cccc(-c3nc(C4c5ccccc5-c5ccccc54)nc(-n4c5ccccc5c5ccccc54)n3)c2)cc1. The predicted molar refractivity (Wildman–Crippen MR) is 537 cm³/mol. The number of benzene rings is 18. The zero-order valence-corrected chi connectivity index (χ0v) is 72.1. The number of rotatable bonds is 15. The minimum absolute atomic E-state index is 0.152. The van der Waals surface area contributed by atoms with E-state index < -0.39 is 8.07 Å². The summed E-state index contributed by atoms with van der Waals surface area (Å²) in [6.07, 6.45) is 0. The van der Waals surface area contributed by atoms with E-state index in [0.29, 0.717) is 46.7 Å². The Bertz CT molecular complexity index is 7980. The minimum Gasteiger partial charge on any atom is -0.309 e. The fourth-order valence-corrected chi connectivity index (χ4v) is 23.9. The molecule has 1 aliphatic rings. The lowest BCUT2D eigenvalue weighted by Crippen LogP contribution is -2.74. The average Bonchev–Trinajstić information content (AvgIpc) is 1.57. The third-order valence-corrected chi connectivity index (χ3v) is 29.7. The zero-order valence-electron chi connectivity index (χ0n) is 71.1. The maximum atomic E-state index is 5.47. The molecule has 0 amide bonds. The van der Waals surface area contributed by atoms with Crippen LogP contribution < -0.4 is 20.7 Å². The minimum atomic E-state index is -2.81. The van der Waals surface area contributed by atoms with Crippen LogP contribution in [0.3, 0.4) is 0 Å². The average molecular weight is 1690 g/mol. The Morgan fingerprint density at radius 1 is 0.176 bits per heavy atom. The molecule has 24 aromatic rings. The summed E-state index contributed by atoms with van der Waals surface area (Å²) in [4.78, 5) is 45.7. The van der Waals surface area contributed by atoms with E-state index in [9.17, 15) is 0 Å². The van der Waals surface area contributed by atoms with Crippen molar-refractivity contribution < 1.29 is 0 Å². The molecule has 0 aliphatic heterocycles. The van der Waals surface area contributed by atoms with Gasteiger partial charge in [-0.1, -0.05) is 406 Å². The van der Waals surface area contributed by atoms with Crippen LogP contribution in [0.2, 0.25) is 0 Å². The van der Waals surface area contributed by atoms with Gasteiger partial charge in [0.05, 0.1) is 39.0 Å². The van der Waals surface area contributed by atoms with Crippen molar-refractivity contribution in [2.24, 2.45) is 0 Å². The molecule has 12 nitrogen and oxygen atoms in total. The van der Waals surface area contributed by atoms with Gasteiger partial charge in [0, 0.05) is 82.6 Å². The third kappa shape index (κ3) is 14.5. The molecule has 18 aromatic carbocycles. The first-order valence-corrected chi connectivity index (χ1v) is 46.1. The Balaban J connectivity index is 0.000000116. The summed E-state index contributed by atoms with van der Waals surface area (Å²) >= 11 is 0. The van der Waals surface area contributed by atoms with E-state index in [0.717, 1.165) is 72.7 Å². The number of aromatic nitrogens is 12. The van der Waals surface area contributed by atoms with Gasteiger partial charge in [0.15, 0.2) is 48.8 Å². The van der Waals surface area contributed by atoms with E-state index in [1.54, 1.807) is 0 Å². The molecule has 0 saturated heterocycles. The number of hydrogen-bond donors (Lipinski definition) is 0. The Morgan fingerprint density at radius 3 is 0.878 bits per heavy atom. The molecule has 0 bridgehead atoms. The molecule has 6 aromatic heterocycles. The molecule has 6 heterocycles. The summed E-state index contributed by atoms with van der Waals surface area (Å²) in [5, 5.41) is 12.4. The van der Waals surface area contributed by atoms with Crippen LogP contribution in [0.1, 0.15) is 22.9 Å². The van der Waals surface area contributed by atoms with Gasteiger partial charge in [-0.2, -0.15) is 9.97 Å². The van der Waals surface area contributed by atoms with Crippen LogP contribution in [0.25, 0.3) is 174 Å². The fourth-order valence-electron chi connectivity index (χ4n) is 19.1. The number of nitrogens with zero attached hydrogens (tertiary/aromatic N) is 12. The largest absolute Gasteiger partial charge is 0.309 e. The van der Waals surface area contributed by atoms with Crippen LogP contribution in [0, 0.1) is 0 Å². The van der Waals surface area contributed by atoms with Gasteiger partial charge in [-0.3, -0.25) is 4.57 Å². The van der Waals surface area contributed by atoms with Crippen LogP contribution in [-0.2, 0) is 0 Å². The van der Waals surface area contributed by atoms with Crippen molar-refractivity contribution in [1.29, 1.82) is 0 Å². The van der Waals surface area contributed by atoms with E-state index in [-0.39, 0.29) is 5.92 Å². The Kier molecular flexibility index (Phi) is 20.4. The van der Waals surface area contributed by atoms with Crippen molar-refractivity contribution in [2.45, 2.75) is 5.92 Å². The summed E-state index contributed by atoms with van der Waals surface area (Å²) in [7, 11) is -2.81. The molecule has 0 N–H and O–H groups in total. The van der Waals surface area contributed by atoms with E-state index in [1.165, 1.54) is 91.9 Å². The van der Waals surface area contributed by atoms with Crippen LogP contribution in [0.4, 0.5) is 0 Å². The van der Waals surface area contributed by atoms with Gasteiger partial charge in [0.2, 0.25) is 5.95 Å². The van der Waals surface area contributed by atoms with Gasteiger partial charge in [0.1, 0.15) is 5.82 Å². The maximum absolute atomic E-state index is 5.47. The second-order valence-corrected chi connectivity index (χ2v) is 36.4. The third-order valence-electron chi connectivity index (χ3n) is 25.0. The van der Waals surface area contributed by atoms with Gasteiger partial charge in [-0.25, -0.2) is 34.9 Å². The second-order valence-electron chi connectivity index (χ2n) is 32.6. The van der Waals surface area contributed by atoms with Crippen LogP contribution in [-0.4, -0.2) is 66.6 Å². The first-order valence-electron chi connectivity index (χ1n) is 44.1. The van der Waals surface area contributed by atoms with Gasteiger partial charge in [-0.05, 0) is 116 Å². The van der Waals surface area contributed by atoms with E-state index in [1.807, 2.05) is 127 Å². The summed E-state index contributed by atoms with van der Waals surface area (Å²) < 4.78 is 6.84. The molecule has 0 saturated carbocycles. The lowest BCUT2D eigenvalue weighted by molar-refractivity contribution is 0.823. The van der Waals surface area contributed by atoms with Gasteiger partial charge >= 0.3 is 0 Å². The standard InChI is InChI=1S/C52H36N4Si.2C33H22N4/c1-4-20-37(21-5-1)57(38-22-6-2-7-23-38,39-24-8-3-9-25-39)40-26-18-19-36(35-40)50-53-51(49-45-31-12-10-27-41(45)42-28-11-13-32-46(42)49)55-52(54-50)56-47-33-16-14-29-43(47)44-30-15-17-34-48(44)56;1-4-12-23(13-5-1)31-34-32(24-14-6-2-7-15-24)36-33(35-31)25-20-21-30-28(22-25)27-18-10-11-19-29(27)37(30)26-16-8-3-9-17-26;1-3-12-23(13-4-1)31-34-32(24-14-5-2-6-15-24)36-33(35-31)25-16-11-17-26(22-25)37-29-20-9-7-18-27(29)28-19-8-10-21-30(28)37/h1-35,49H;2*1-22H. The summed E-state index contributed by atoms with van der Waals surface area (Å²) in [6.45, 7) is 0. The zero-order chi connectivity index (χ0) is 87.0. The number of para-hydroxylation sites is 6. The predicted octanol–water partition coefficient (Wildman–Crippen LogP) is 25.1. The highest BCUT2D eigenvalue weighted by Crippen LogP contribution is 2.48. The quantitative estimate of drug-likeness (QED) is 0.0727. The molecule has 1 aliphatic carbocycles. The van der Waals surface area contributed by atoms with Crippen molar-refractivity contribution in [1.82, 2.24) is 58.6 Å². The molecular formula is C118H80N12Si. The Labute approximate surface area is 757 Å². The molecule has 0 fully saturated rings. The highest BCUT2D eigenvalue weighted by atomic mass is 28.3. The van der Waals surface area contributed by atoms with E-state index in [4.69, 9.17) is 44.9 Å². The van der Waals surface area contributed by atoms with Crippen molar-refractivity contribution in [3.63, 3.8) is 0 Å². The smallest absolute Gasteiger partial charge is 0.238 e. The molecule has 0 unspecified atom stereocenters. The van der Waals surface area contributed by atoms with Crippen molar-refractivity contribution in [3.8, 4) is 108 Å². The highest BCUT2D eigenvalue weighted by Gasteiger charge is 2.42. The summed E-state index contributed by atoms with van der Waals surface area (Å²) in [5.74, 6) is 5.79. The first-order chi connectivity index (χ1) is 65.0. The van der Waals surface area contributed by atoms with Crippen LogP contribution >= 0.6 is 0 Å². The van der Waals surface area contributed by atoms with Crippen LogP contribution in [0.15, 0.2) is 479 Å². The maximum Gasteiger partial charge on any atom is 0.238 e. The summed E-state index contributed by atoms with van der Waals surface area (Å²) in [6, 6.07) is 168. The highest BCUT2D eigenvalue weighted by molar-refractivity contribution is 7.20. The molecule has 0 spiro atoms. The van der Waals surface area contributed by atoms with Crippen molar-refractivity contribution >= 4 is 94.2 Å². The van der Waals surface area contributed by atoms with Crippen molar-refractivity contribution in [3.05, 3.63) is 496 Å². The second kappa shape index (κ2) is 34.2. The molecular weight excluding hydrogens is 1610 g/mol. The van der Waals surface area contributed by atoms with Gasteiger partial charge in [-0.15, -0.1) is 0 Å². The normalized spacial score (nSPS) is 11.8. The van der Waals surface area contributed by atoms with Gasteiger partial charge < -0.3 is 9.13 Å². The molecule has 25 rings (SSSR count). The molecule has 616 valence electrons. The first kappa shape index (κ1) is 78.3. The fraction of sp³-hybridized carbons (Fsp3) is 0.00847.